The Hall–Kier alpha value is -3.07. The van der Waals surface area contributed by atoms with Gasteiger partial charge in [0.1, 0.15) is 0 Å². The van der Waals surface area contributed by atoms with Crippen LogP contribution in [-0.4, -0.2) is 44.8 Å². The SMILES string of the molecule is Cc1ccc(C(=O)OCC(=O)Nc2cc(C(F)(F)F)ccc2N2CCOCC2)c(C)c1. The second kappa shape index (κ2) is 9.38. The minimum absolute atomic E-state index is 0.00397. The van der Waals surface area contributed by atoms with Crippen LogP contribution in [0.1, 0.15) is 27.0 Å². The highest BCUT2D eigenvalue weighted by Crippen LogP contribution is 2.35. The van der Waals surface area contributed by atoms with Crippen molar-refractivity contribution in [2.24, 2.45) is 0 Å². The van der Waals surface area contributed by atoms with Gasteiger partial charge in [0.05, 0.1) is 35.7 Å². The molecule has 2 aromatic carbocycles. The van der Waals surface area contributed by atoms with E-state index in [0.29, 0.717) is 43.1 Å². The van der Waals surface area contributed by atoms with Crippen molar-refractivity contribution in [1.29, 1.82) is 0 Å². The third-order valence-electron chi connectivity index (χ3n) is 4.89. The zero-order valence-corrected chi connectivity index (χ0v) is 17.2. The number of carbonyl (C=O) groups excluding carboxylic acids is 2. The molecular weight excluding hydrogens is 413 g/mol. The Labute approximate surface area is 177 Å². The van der Waals surface area contributed by atoms with Crippen molar-refractivity contribution in [2.45, 2.75) is 20.0 Å². The number of nitrogens with zero attached hydrogens (tertiary/aromatic N) is 1. The summed E-state index contributed by atoms with van der Waals surface area (Å²) in [6.07, 6.45) is -4.56. The predicted molar refractivity (Wildman–Crippen MR) is 109 cm³/mol. The third kappa shape index (κ3) is 5.75. The lowest BCUT2D eigenvalue weighted by Gasteiger charge is -2.31. The molecule has 9 heteroatoms. The monoisotopic (exact) mass is 436 g/mol. The molecule has 1 heterocycles. The van der Waals surface area contributed by atoms with E-state index in [9.17, 15) is 22.8 Å². The summed E-state index contributed by atoms with van der Waals surface area (Å²) >= 11 is 0. The molecule has 2 aromatic rings. The molecule has 166 valence electrons. The maximum Gasteiger partial charge on any atom is 0.416 e. The van der Waals surface area contributed by atoms with Crippen LogP contribution in [-0.2, 0) is 20.4 Å². The van der Waals surface area contributed by atoms with Gasteiger partial charge < -0.3 is 19.7 Å². The fourth-order valence-electron chi connectivity index (χ4n) is 3.33. The molecule has 1 fully saturated rings. The number of morpholine rings is 1. The molecule has 0 bridgehead atoms. The standard InChI is InChI=1S/C22H23F3N2O4/c1-14-3-5-17(15(2)11-14)21(29)31-13-20(28)26-18-12-16(22(23,24)25)4-6-19(18)27-7-9-30-10-8-27/h3-6,11-12H,7-10,13H2,1-2H3,(H,26,28). The number of amides is 1. The predicted octanol–water partition coefficient (Wildman–Crippen LogP) is 3.95. The summed E-state index contributed by atoms with van der Waals surface area (Å²) in [6, 6.07) is 8.35. The first-order valence-electron chi connectivity index (χ1n) is 9.73. The molecule has 1 aliphatic heterocycles. The molecule has 0 radical (unpaired) electrons. The number of benzene rings is 2. The fourth-order valence-corrected chi connectivity index (χ4v) is 3.33. The molecule has 0 aliphatic carbocycles. The summed E-state index contributed by atoms with van der Waals surface area (Å²) in [6.45, 7) is 4.85. The minimum Gasteiger partial charge on any atom is -0.452 e. The third-order valence-corrected chi connectivity index (χ3v) is 4.89. The van der Waals surface area contributed by atoms with E-state index < -0.39 is 30.2 Å². The Bertz CT molecular complexity index is 970. The van der Waals surface area contributed by atoms with Crippen LogP contribution in [0.4, 0.5) is 24.5 Å². The van der Waals surface area contributed by atoms with Gasteiger partial charge in [-0.25, -0.2) is 4.79 Å². The van der Waals surface area contributed by atoms with Gasteiger partial charge in [-0.2, -0.15) is 13.2 Å². The Kier molecular flexibility index (Phi) is 6.84. The van der Waals surface area contributed by atoms with Crippen LogP contribution < -0.4 is 10.2 Å². The van der Waals surface area contributed by atoms with E-state index in [4.69, 9.17) is 9.47 Å². The van der Waals surface area contributed by atoms with Crippen molar-refractivity contribution in [3.05, 3.63) is 58.7 Å². The van der Waals surface area contributed by atoms with Crippen molar-refractivity contribution in [1.82, 2.24) is 0 Å². The summed E-state index contributed by atoms with van der Waals surface area (Å²) < 4.78 is 49.9. The number of esters is 1. The highest BCUT2D eigenvalue weighted by Gasteiger charge is 2.32. The van der Waals surface area contributed by atoms with Crippen LogP contribution in [0.15, 0.2) is 36.4 Å². The largest absolute Gasteiger partial charge is 0.452 e. The maximum atomic E-state index is 13.2. The van der Waals surface area contributed by atoms with Crippen LogP contribution >= 0.6 is 0 Å². The summed E-state index contributed by atoms with van der Waals surface area (Å²) in [5.74, 6) is -1.41. The van der Waals surface area contributed by atoms with E-state index in [0.717, 1.165) is 17.7 Å². The number of hydrogen-bond donors (Lipinski definition) is 1. The van der Waals surface area contributed by atoms with E-state index in [2.05, 4.69) is 5.32 Å². The van der Waals surface area contributed by atoms with E-state index >= 15 is 0 Å². The van der Waals surface area contributed by atoms with Gasteiger partial charge in [0.25, 0.3) is 5.91 Å². The quantitative estimate of drug-likeness (QED) is 0.719. The van der Waals surface area contributed by atoms with Crippen LogP contribution in [0.5, 0.6) is 0 Å². The van der Waals surface area contributed by atoms with Crippen molar-refractivity contribution in [2.75, 3.05) is 43.1 Å². The topological polar surface area (TPSA) is 67.9 Å². The van der Waals surface area contributed by atoms with Gasteiger partial charge in [-0.05, 0) is 43.7 Å². The normalized spacial score (nSPS) is 14.3. The summed E-state index contributed by atoms with van der Waals surface area (Å²) in [5.41, 5.74) is 1.58. The number of alkyl halides is 3. The van der Waals surface area contributed by atoms with Crippen LogP contribution in [0.25, 0.3) is 0 Å². The molecular formula is C22H23F3N2O4. The van der Waals surface area contributed by atoms with Crippen LogP contribution in [0.2, 0.25) is 0 Å². The van der Waals surface area contributed by atoms with Gasteiger partial charge >= 0.3 is 12.1 Å². The molecule has 1 N–H and O–H groups in total. The van der Waals surface area contributed by atoms with Gasteiger partial charge in [0, 0.05) is 13.1 Å². The molecule has 0 spiro atoms. The van der Waals surface area contributed by atoms with Crippen LogP contribution in [0, 0.1) is 13.8 Å². The number of anilines is 2. The van der Waals surface area contributed by atoms with Crippen molar-refractivity contribution >= 4 is 23.3 Å². The Morgan fingerprint density at radius 1 is 1.10 bits per heavy atom. The molecule has 0 saturated carbocycles. The lowest BCUT2D eigenvalue weighted by Crippen LogP contribution is -2.37. The average molecular weight is 436 g/mol. The second-order valence-electron chi connectivity index (χ2n) is 7.27. The lowest BCUT2D eigenvalue weighted by molar-refractivity contribution is -0.137. The molecule has 1 saturated heterocycles. The van der Waals surface area contributed by atoms with Gasteiger partial charge in [0.15, 0.2) is 6.61 Å². The number of aryl methyl sites for hydroxylation is 2. The Morgan fingerprint density at radius 3 is 2.45 bits per heavy atom. The summed E-state index contributed by atoms with van der Waals surface area (Å²) in [4.78, 5) is 26.5. The van der Waals surface area contributed by atoms with Gasteiger partial charge in [-0.1, -0.05) is 17.7 Å². The Morgan fingerprint density at radius 2 is 1.81 bits per heavy atom. The fraction of sp³-hybridized carbons (Fsp3) is 0.364. The average Bonchev–Trinajstić information content (AvgIpc) is 2.72. The molecule has 0 unspecified atom stereocenters. The van der Waals surface area contributed by atoms with Gasteiger partial charge in [-0.15, -0.1) is 0 Å². The van der Waals surface area contributed by atoms with Crippen LogP contribution in [0.3, 0.4) is 0 Å². The highest BCUT2D eigenvalue weighted by molar-refractivity contribution is 5.98. The number of hydrogen-bond acceptors (Lipinski definition) is 5. The molecule has 6 nitrogen and oxygen atoms in total. The van der Waals surface area contributed by atoms with E-state index in [1.165, 1.54) is 6.07 Å². The molecule has 0 atom stereocenters. The molecule has 31 heavy (non-hydrogen) atoms. The zero-order chi connectivity index (χ0) is 22.6. The molecule has 1 amide bonds. The maximum absolute atomic E-state index is 13.2. The lowest BCUT2D eigenvalue weighted by atomic mass is 10.1. The van der Waals surface area contributed by atoms with Crippen molar-refractivity contribution < 1.29 is 32.2 Å². The first-order valence-corrected chi connectivity index (χ1v) is 9.73. The Balaban J connectivity index is 1.73. The van der Waals surface area contributed by atoms with E-state index in [1.54, 1.807) is 19.1 Å². The minimum atomic E-state index is -4.56. The number of halogens is 3. The number of carbonyl (C=O) groups is 2. The first-order chi connectivity index (χ1) is 14.6. The number of nitrogens with one attached hydrogen (secondary N) is 1. The van der Waals surface area contributed by atoms with Crippen molar-refractivity contribution in [3.8, 4) is 0 Å². The first kappa shape index (κ1) is 22.6. The van der Waals surface area contributed by atoms with Crippen molar-refractivity contribution in [3.63, 3.8) is 0 Å². The summed E-state index contributed by atoms with van der Waals surface area (Å²) in [5, 5.41) is 2.45. The second-order valence-corrected chi connectivity index (χ2v) is 7.27. The highest BCUT2D eigenvalue weighted by atomic mass is 19.4. The number of rotatable bonds is 5. The molecule has 3 rings (SSSR count). The molecule has 0 aromatic heterocycles. The van der Waals surface area contributed by atoms with Gasteiger partial charge in [0.2, 0.25) is 0 Å². The van der Waals surface area contributed by atoms with Gasteiger partial charge in [-0.3, -0.25) is 4.79 Å². The smallest absolute Gasteiger partial charge is 0.416 e. The van der Waals surface area contributed by atoms with E-state index in [-0.39, 0.29) is 5.69 Å². The number of ether oxygens (including phenoxy) is 2. The summed E-state index contributed by atoms with van der Waals surface area (Å²) in [7, 11) is 0. The van der Waals surface area contributed by atoms with E-state index in [1.807, 2.05) is 17.9 Å². The zero-order valence-electron chi connectivity index (χ0n) is 17.2. The molecule has 1 aliphatic rings.